The Hall–Kier alpha value is -2.94. The molecule has 1 aliphatic heterocycles. The van der Waals surface area contributed by atoms with Gasteiger partial charge in [0.15, 0.2) is 0 Å². The lowest BCUT2D eigenvalue weighted by molar-refractivity contribution is -0.0322. The Morgan fingerprint density at radius 1 is 1.30 bits per heavy atom. The maximum atomic E-state index is 13.0. The molecule has 0 spiro atoms. The number of carbonyl (C=O) groups excluding carboxylic acids is 1. The summed E-state index contributed by atoms with van der Waals surface area (Å²) in [5, 5.41) is 2.24. The fourth-order valence-electron chi connectivity index (χ4n) is 4.60. The SMILES string of the molecule is COc1ccc2c(CN3CCO[C@@H](c4c(C(=O)N(C)C)sc5ncccc45)C3)cn(C)c2c1. The molecule has 0 saturated carbocycles. The summed E-state index contributed by atoms with van der Waals surface area (Å²) in [5.74, 6) is 0.856. The van der Waals surface area contributed by atoms with E-state index in [-0.39, 0.29) is 12.0 Å². The highest BCUT2D eigenvalue weighted by Crippen LogP contribution is 2.38. The molecule has 8 heteroatoms. The van der Waals surface area contributed by atoms with Crippen LogP contribution in [0.5, 0.6) is 5.75 Å². The first-order valence-corrected chi connectivity index (χ1v) is 11.8. The number of benzene rings is 1. The van der Waals surface area contributed by atoms with Crippen LogP contribution in [0.25, 0.3) is 21.1 Å². The van der Waals surface area contributed by atoms with E-state index in [9.17, 15) is 4.79 Å². The van der Waals surface area contributed by atoms with Gasteiger partial charge < -0.3 is 18.9 Å². The third-order valence-electron chi connectivity index (χ3n) is 6.25. The number of ether oxygens (including phenoxy) is 2. The molecule has 1 atom stereocenters. The molecule has 4 heterocycles. The molecular formula is C25H28N4O3S. The van der Waals surface area contributed by atoms with Crippen LogP contribution < -0.4 is 4.74 Å². The molecule has 4 aromatic rings. The van der Waals surface area contributed by atoms with E-state index >= 15 is 0 Å². The third-order valence-corrected chi connectivity index (χ3v) is 7.37. The Labute approximate surface area is 197 Å². The van der Waals surface area contributed by atoms with Crippen LogP contribution in [0.2, 0.25) is 0 Å². The molecule has 1 aromatic carbocycles. The lowest BCUT2D eigenvalue weighted by atomic mass is 10.0. The number of amides is 1. The zero-order valence-electron chi connectivity index (χ0n) is 19.4. The number of thiophene rings is 1. The van der Waals surface area contributed by atoms with Crippen molar-refractivity contribution in [3.05, 3.63) is 58.7 Å². The van der Waals surface area contributed by atoms with Crippen molar-refractivity contribution in [2.24, 2.45) is 7.05 Å². The summed E-state index contributed by atoms with van der Waals surface area (Å²) >= 11 is 1.45. The van der Waals surface area contributed by atoms with E-state index in [1.165, 1.54) is 22.3 Å². The molecule has 1 fully saturated rings. The second-order valence-corrected chi connectivity index (χ2v) is 9.64. The monoisotopic (exact) mass is 464 g/mol. The molecule has 5 rings (SSSR count). The van der Waals surface area contributed by atoms with Crippen LogP contribution in [0.15, 0.2) is 42.7 Å². The number of fused-ring (bicyclic) bond motifs is 2. The number of pyridine rings is 1. The Balaban J connectivity index is 1.46. The summed E-state index contributed by atoms with van der Waals surface area (Å²) in [5.41, 5.74) is 3.40. The standard InChI is InChI=1S/C25H28N4O3S/c1-27(2)25(30)23-22(19-6-5-9-26-24(19)33-23)21-15-29(10-11-32-21)14-16-13-28(3)20-12-17(31-4)7-8-18(16)20/h5-9,12-13,21H,10-11,14-15H2,1-4H3/t21-/m1/s1. The van der Waals surface area contributed by atoms with Crippen molar-refractivity contribution in [2.45, 2.75) is 12.6 Å². The highest BCUT2D eigenvalue weighted by atomic mass is 32.1. The largest absolute Gasteiger partial charge is 0.497 e. The van der Waals surface area contributed by atoms with Gasteiger partial charge in [0.2, 0.25) is 0 Å². The molecule has 1 saturated heterocycles. The number of hydrogen-bond donors (Lipinski definition) is 0. The quantitative estimate of drug-likeness (QED) is 0.446. The minimum atomic E-state index is -0.175. The zero-order valence-corrected chi connectivity index (χ0v) is 20.2. The Kier molecular flexibility index (Phi) is 5.82. The highest BCUT2D eigenvalue weighted by molar-refractivity contribution is 7.20. The van der Waals surface area contributed by atoms with Crippen LogP contribution >= 0.6 is 11.3 Å². The van der Waals surface area contributed by atoms with E-state index in [1.54, 1.807) is 32.3 Å². The Bertz CT molecular complexity index is 1330. The van der Waals surface area contributed by atoms with Crippen molar-refractivity contribution >= 4 is 38.4 Å². The molecule has 1 aliphatic rings. The summed E-state index contributed by atoms with van der Waals surface area (Å²) in [6.45, 7) is 3.01. The number of nitrogens with zero attached hydrogens (tertiary/aromatic N) is 4. The number of hydrogen-bond acceptors (Lipinski definition) is 6. The highest BCUT2D eigenvalue weighted by Gasteiger charge is 2.31. The van der Waals surface area contributed by atoms with Crippen molar-refractivity contribution in [1.29, 1.82) is 0 Å². The van der Waals surface area contributed by atoms with Gasteiger partial charge in [0.1, 0.15) is 15.5 Å². The number of aryl methyl sites for hydroxylation is 1. The molecule has 0 N–H and O–H groups in total. The Morgan fingerprint density at radius 3 is 2.94 bits per heavy atom. The molecule has 33 heavy (non-hydrogen) atoms. The molecule has 0 radical (unpaired) electrons. The molecule has 1 amide bonds. The number of rotatable bonds is 5. The number of morpholine rings is 1. The first-order chi connectivity index (χ1) is 16.0. The van der Waals surface area contributed by atoms with Crippen molar-refractivity contribution in [1.82, 2.24) is 19.4 Å². The molecule has 172 valence electrons. The van der Waals surface area contributed by atoms with E-state index in [4.69, 9.17) is 9.47 Å². The van der Waals surface area contributed by atoms with E-state index in [2.05, 4.69) is 39.8 Å². The number of methoxy groups -OCH3 is 1. The summed E-state index contributed by atoms with van der Waals surface area (Å²) in [6, 6.07) is 10.2. The van der Waals surface area contributed by atoms with Crippen LogP contribution in [0, 0.1) is 0 Å². The maximum Gasteiger partial charge on any atom is 0.263 e. The van der Waals surface area contributed by atoms with Crippen molar-refractivity contribution < 1.29 is 14.3 Å². The summed E-state index contributed by atoms with van der Waals surface area (Å²) in [6.07, 6.45) is 3.79. The first-order valence-electron chi connectivity index (χ1n) is 11.0. The van der Waals surface area contributed by atoms with Crippen molar-refractivity contribution in [2.75, 3.05) is 40.9 Å². The number of carbonyl (C=O) groups is 1. The van der Waals surface area contributed by atoms with E-state index in [0.717, 1.165) is 51.6 Å². The molecular weight excluding hydrogens is 436 g/mol. The lowest BCUT2D eigenvalue weighted by Crippen LogP contribution is -2.38. The third kappa shape index (κ3) is 3.99. The minimum absolute atomic E-state index is 0.00303. The smallest absolute Gasteiger partial charge is 0.263 e. The van der Waals surface area contributed by atoms with Gasteiger partial charge in [-0.15, -0.1) is 11.3 Å². The maximum absolute atomic E-state index is 13.0. The molecule has 3 aromatic heterocycles. The van der Waals surface area contributed by atoms with Crippen LogP contribution in [0.3, 0.4) is 0 Å². The predicted molar refractivity (Wildman–Crippen MR) is 131 cm³/mol. The molecule has 0 bridgehead atoms. The van der Waals surface area contributed by atoms with Gasteiger partial charge >= 0.3 is 0 Å². The molecule has 0 aliphatic carbocycles. The van der Waals surface area contributed by atoms with Crippen LogP contribution in [-0.4, -0.2) is 66.2 Å². The van der Waals surface area contributed by atoms with Gasteiger partial charge in [-0.2, -0.15) is 0 Å². The zero-order chi connectivity index (χ0) is 23.1. The second-order valence-electron chi connectivity index (χ2n) is 8.64. The molecule has 7 nitrogen and oxygen atoms in total. The average molecular weight is 465 g/mol. The van der Waals surface area contributed by atoms with Gasteiger partial charge in [-0.25, -0.2) is 4.98 Å². The normalized spacial score (nSPS) is 17.0. The first kappa shape index (κ1) is 21.9. The van der Waals surface area contributed by atoms with Gasteiger partial charge in [-0.1, -0.05) is 6.07 Å². The lowest BCUT2D eigenvalue weighted by Gasteiger charge is -2.33. The van der Waals surface area contributed by atoms with Gasteiger partial charge in [0.25, 0.3) is 5.91 Å². The molecule has 0 unspecified atom stereocenters. The van der Waals surface area contributed by atoms with Crippen LogP contribution in [0.1, 0.15) is 26.9 Å². The fraction of sp³-hybridized carbons (Fsp3) is 0.360. The van der Waals surface area contributed by atoms with E-state index in [0.29, 0.717) is 6.61 Å². The number of aromatic nitrogens is 2. The minimum Gasteiger partial charge on any atom is -0.497 e. The van der Waals surface area contributed by atoms with Crippen LogP contribution in [0.4, 0.5) is 0 Å². The summed E-state index contributed by atoms with van der Waals surface area (Å²) in [7, 11) is 7.33. The van der Waals surface area contributed by atoms with Gasteiger partial charge in [-0.3, -0.25) is 9.69 Å². The summed E-state index contributed by atoms with van der Waals surface area (Å²) < 4.78 is 13.8. The fourth-order valence-corrected chi connectivity index (χ4v) is 5.81. The summed E-state index contributed by atoms with van der Waals surface area (Å²) in [4.78, 5) is 23.1. The van der Waals surface area contributed by atoms with E-state index in [1.807, 2.05) is 18.2 Å². The van der Waals surface area contributed by atoms with Crippen molar-refractivity contribution in [3.63, 3.8) is 0 Å². The van der Waals surface area contributed by atoms with Gasteiger partial charge in [-0.05, 0) is 23.8 Å². The van der Waals surface area contributed by atoms with Crippen molar-refractivity contribution in [3.8, 4) is 5.75 Å². The predicted octanol–water partition coefficient (Wildman–Crippen LogP) is 4.07. The average Bonchev–Trinajstić information content (AvgIpc) is 3.36. The second kappa shape index (κ2) is 8.78. The van der Waals surface area contributed by atoms with Gasteiger partial charge in [0.05, 0.1) is 25.3 Å². The van der Waals surface area contributed by atoms with E-state index < -0.39 is 0 Å². The topological polar surface area (TPSA) is 59.8 Å². The van der Waals surface area contributed by atoms with Gasteiger partial charge in [0, 0.05) is 75.6 Å². The Morgan fingerprint density at radius 2 is 2.15 bits per heavy atom. The van der Waals surface area contributed by atoms with Crippen LogP contribution in [-0.2, 0) is 18.3 Å².